The number of nitrogens with one attached hydrogen (secondary N) is 2. The first-order chi connectivity index (χ1) is 14.3. The van der Waals surface area contributed by atoms with Crippen molar-refractivity contribution in [2.24, 2.45) is 11.8 Å². The van der Waals surface area contributed by atoms with Crippen LogP contribution in [0.25, 0.3) is 0 Å². The summed E-state index contributed by atoms with van der Waals surface area (Å²) in [5, 5.41) is 16.7. The molecule has 0 aliphatic carbocycles. The molecule has 0 spiro atoms. The molecule has 2 amide bonds. The maximum absolute atomic E-state index is 12.9. The number of ether oxygens (including phenoxy) is 1. The third kappa shape index (κ3) is 4.96. The standard InChI is InChI=1S/C21H28N4O5/c1-4-30-20(26)18-17(12-24-10-13(2)8-14(3)11-24)22-21(27)23-19(18)15-6-5-7-16(9-15)25(28)29/h5-7,9,13-14,19H,4,8,10-12H2,1-3H3,(H2,22,23,27)/t13-,14-,19+/m0/s1. The fourth-order valence-electron chi connectivity index (χ4n) is 4.41. The molecule has 2 aliphatic heterocycles. The Balaban J connectivity index is 2.01. The van der Waals surface area contributed by atoms with Gasteiger partial charge in [-0.3, -0.25) is 15.0 Å². The molecule has 1 aromatic carbocycles. The smallest absolute Gasteiger partial charge is 0.338 e. The molecule has 0 bridgehead atoms. The van der Waals surface area contributed by atoms with E-state index in [1.54, 1.807) is 13.0 Å². The zero-order chi connectivity index (χ0) is 21.8. The number of likely N-dealkylation sites (tertiary alicyclic amines) is 1. The third-order valence-corrected chi connectivity index (χ3v) is 5.39. The first-order valence-corrected chi connectivity index (χ1v) is 10.2. The van der Waals surface area contributed by atoms with Gasteiger partial charge in [0.1, 0.15) is 0 Å². The maximum Gasteiger partial charge on any atom is 0.338 e. The minimum Gasteiger partial charge on any atom is -0.463 e. The highest BCUT2D eigenvalue weighted by Crippen LogP contribution is 2.31. The van der Waals surface area contributed by atoms with Crippen molar-refractivity contribution in [2.45, 2.75) is 33.2 Å². The van der Waals surface area contributed by atoms with Gasteiger partial charge in [0.05, 0.1) is 23.1 Å². The number of esters is 1. The lowest BCUT2D eigenvalue weighted by atomic mass is 9.91. The summed E-state index contributed by atoms with van der Waals surface area (Å²) in [4.78, 5) is 38.2. The van der Waals surface area contributed by atoms with Crippen LogP contribution in [0.5, 0.6) is 0 Å². The number of nitro benzene ring substituents is 1. The number of nitro groups is 1. The van der Waals surface area contributed by atoms with Crippen LogP contribution in [0.2, 0.25) is 0 Å². The summed E-state index contributed by atoms with van der Waals surface area (Å²) in [6.07, 6.45) is 1.14. The molecule has 2 heterocycles. The zero-order valence-corrected chi connectivity index (χ0v) is 17.5. The van der Waals surface area contributed by atoms with Crippen LogP contribution < -0.4 is 10.6 Å². The lowest BCUT2D eigenvalue weighted by molar-refractivity contribution is -0.384. The summed E-state index contributed by atoms with van der Waals surface area (Å²) >= 11 is 0. The van der Waals surface area contributed by atoms with Crippen LogP contribution >= 0.6 is 0 Å². The lowest BCUT2D eigenvalue weighted by Gasteiger charge is -2.37. The molecule has 162 valence electrons. The van der Waals surface area contributed by atoms with Crippen LogP contribution in [0.4, 0.5) is 10.5 Å². The summed E-state index contributed by atoms with van der Waals surface area (Å²) < 4.78 is 5.27. The van der Waals surface area contributed by atoms with Crippen molar-refractivity contribution in [1.82, 2.24) is 15.5 Å². The number of non-ortho nitro benzene ring substituents is 1. The van der Waals surface area contributed by atoms with Gasteiger partial charge in [0.2, 0.25) is 0 Å². The molecule has 9 nitrogen and oxygen atoms in total. The number of rotatable bonds is 6. The fraction of sp³-hybridized carbons (Fsp3) is 0.524. The largest absolute Gasteiger partial charge is 0.463 e. The van der Waals surface area contributed by atoms with Crippen LogP contribution in [0.3, 0.4) is 0 Å². The van der Waals surface area contributed by atoms with Crippen molar-refractivity contribution in [3.8, 4) is 0 Å². The Hall–Kier alpha value is -2.94. The molecule has 0 aromatic heterocycles. The van der Waals surface area contributed by atoms with E-state index in [0.717, 1.165) is 19.5 Å². The quantitative estimate of drug-likeness (QED) is 0.419. The topological polar surface area (TPSA) is 114 Å². The summed E-state index contributed by atoms with van der Waals surface area (Å²) in [7, 11) is 0. The monoisotopic (exact) mass is 416 g/mol. The SMILES string of the molecule is CCOC(=O)C1=C(CN2C[C@@H](C)C[C@H](C)C2)NC(=O)N[C@@H]1c1cccc([N+](=O)[O-])c1. The predicted octanol–water partition coefficient (Wildman–Crippen LogP) is 2.74. The normalized spacial score (nSPS) is 24.8. The van der Waals surface area contributed by atoms with E-state index in [-0.39, 0.29) is 17.9 Å². The Kier molecular flexibility index (Phi) is 6.71. The van der Waals surface area contributed by atoms with E-state index in [1.807, 2.05) is 0 Å². The number of amides is 2. The van der Waals surface area contributed by atoms with Crippen molar-refractivity contribution in [3.63, 3.8) is 0 Å². The molecular weight excluding hydrogens is 388 g/mol. The van der Waals surface area contributed by atoms with Gasteiger partial charge in [0.15, 0.2) is 0 Å². The number of hydrogen-bond acceptors (Lipinski definition) is 6. The highest BCUT2D eigenvalue weighted by Gasteiger charge is 2.35. The van der Waals surface area contributed by atoms with Gasteiger partial charge in [-0.25, -0.2) is 9.59 Å². The average Bonchev–Trinajstić information content (AvgIpc) is 2.67. The molecule has 30 heavy (non-hydrogen) atoms. The van der Waals surface area contributed by atoms with Gasteiger partial charge in [-0.15, -0.1) is 0 Å². The molecule has 3 rings (SSSR count). The molecule has 0 radical (unpaired) electrons. The van der Waals surface area contributed by atoms with E-state index in [0.29, 0.717) is 29.6 Å². The van der Waals surface area contributed by atoms with Gasteiger partial charge < -0.3 is 15.4 Å². The summed E-state index contributed by atoms with van der Waals surface area (Å²) in [6, 6.07) is 4.67. The second-order valence-electron chi connectivity index (χ2n) is 8.14. The van der Waals surface area contributed by atoms with Crippen molar-refractivity contribution in [2.75, 3.05) is 26.2 Å². The van der Waals surface area contributed by atoms with Gasteiger partial charge >= 0.3 is 12.0 Å². The molecule has 1 saturated heterocycles. The number of nitrogens with zero attached hydrogens (tertiary/aromatic N) is 2. The summed E-state index contributed by atoms with van der Waals surface area (Å²) in [6.45, 7) is 8.42. The molecule has 9 heteroatoms. The molecule has 1 aromatic rings. The van der Waals surface area contributed by atoms with E-state index >= 15 is 0 Å². The maximum atomic E-state index is 12.9. The second-order valence-corrected chi connectivity index (χ2v) is 8.14. The molecule has 0 saturated carbocycles. The van der Waals surface area contributed by atoms with Gasteiger partial charge in [-0.05, 0) is 30.7 Å². The second kappa shape index (κ2) is 9.25. The number of hydrogen-bond donors (Lipinski definition) is 2. The molecule has 0 unspecified atom stereocenters. The molecule has 2 aliphatic rings. The average molecular weight is 416 g/mol. The highest BCUT2D eigenvalue weighted by molar-refractivity contribution is 5.95. The number of carbonyl (C=O) groups is 2. The lowest BCUT2D eigenvalue weighted by Crippen LogP contribution is -2.50. The van der Waals surface area contributed by atoms with Crippen LogP contribution in [-0.2, 0) is 9.53 Å². The Labute approximate surface area is 175 Å². The Bertz CT molecular complexity index is 859. The summed E-state index contributed by atoms with van der Waals surface area (Å²) in [5.41, 5.74) is 1.11. The molecule has 2 N–H and O–H groups in total. The number of piperidine rings is 1. The van der Waals surface area contributed by atoms with Crippen LogP contribution in [0, 0.1) is 22.0 Å². The Morgan fingerprint density at radius 3 is 2.63 bits per heavy atom. The molecular formula is C21H28N4O5. The Morgan fingerprint density at radius 1 is 1.30 bits per heavy atom. The minimum absolute atomic E-state index is 0.108. The predicted molar refractivity (Wildman–Crippen MR) is 111 cm³/mol. The van der Waals surface area contributed by atoms with E-state index in [4.69, 9.17) is 4.74 Å². The van der Waals surface area contributed by atoms with Crippen molar-refractivity contribution >= 4 is 17.7 Å². The van der Waals surface area contributed by atoms with Gasteiger partial charge in [0, 0.05) is 37.5 Å². The van der Waals surface area contributed by atoms with E-state index in [1.165, 1.54) is 18.2 Å². The Morgan fingerprint density at radius 2 is 2.00 bits per heavy atom. The van der Waals surface area contributed by atoms with Crippen molar-refractivity contribution in [3.05, 3.63) is 51.2 Å². The molecule has 3 atom stereocenters. The van der Waals surface area contributed by atoms with E-state index in [9.17, 15) is 19.7 Å². The highest BCUT2D eigenvalue weighted by atomic mass is 16.6. The number of urea groups is 1. The fourth-order valence-corrected chi connectivity index (χ4v) is 4.41. The van der Waals surface area contributed by atoms with Crippen molar-refractivity contribution < 1.29 is 19.2 Å². The van der Waals surface area contributed by atoms with Crippen LogP contribution in [0.15, 0.2) is 35.5 Å². The van der Waals surface area contributed by atoms with Gasteiger partial charge in [0.25, 0.3) is 5.69 Å². The third-order valence-electron chi connectivity index (χ3n) is 5.39. The van der Waals surface area contributed by atoms with Gasteiger partial charge in [-0.1, -0.05) is 26.0 Å². The van der Waals surface area contributed by atoms with Crippen LogP contribution in [-0.4, -0.2) is 48.1 Å². The zero-order valence-electron chi connectivity index (χ0n) is 17.5. The minimum atomic E-state index is -0.827. The van der Waals surface area contributed by atoms with Crippen LogP contribution in [0.1, 0.15) is 38.8 Å². The molecule has 1 fully saturated rings. The number of benzene rings is 1. The van der Waals surface area contributed by atoms with Gasteiger partial charge in [-0.2, -0.15) is 0 Å². The van der Waals surface area contributed by atoms with Crippen molar-refractivity contribution in [1.29, 1.82) is 0 Å². The van der Waals surface area contributed by atoms with E-state index in [2.05, 4.69) is 29.4 Å². The first-order valence-electron chi connectivity index (χ1n) is 10.2. The first kappa shape index (κ1) is 21.8. The van der Waals surface area contributed by atoms with E-state index < -0.39 is 23.0 Å². The summed E-state index contributed by atoms with van der Waals surface area (Å²) in [5.74, 6) is 0.491. The number of carbonyl (C=O) groups excluding carboxylic acids is 2.